The van der Waals surface area contributed by atoms with E-state index in [2.05, 4.69) is 57.3 Å². The topological polar surface area (TPSA) is 27.1 Å². The maximum absolute atomic E-state index is 5.77. The van der Waals surface area contributed by atoms with Crippen LogP contribution in [-0.2, 0) is 11.5 Å². The molecule has 0 saturated heterocycles. The average Bonchev–Trinajstić information content (AvgIpc) is 2.59. The van der Waals surface area contributed by atoms with E-state index in [9.17, 15) is 0 Å². The molecule has 0 aromatic carbocycles. The summed E-state index contributed by atoms with van der Waals surface area (Å²) in [6.07, 6.45) is 1.81. The molecule has 0 N–H and O–H groups in total. The molecule has 2 heterocycles. The van der Waals surface area contributed by atoms with Gasteiger partial charge in [0, 0.05) is 26.3 Å². The molecule has 0 aliphatic rings. The molecule has 5 heteroatoms. The van der Waals surface area contributed by atoms with Crippen molar-refractivity contribution in [1.82, 2.24) is 9.55 Å². The Kier molecular flexibility index (Phi) is 4.24. The minimum atomic E-state index is -1.01. The Balaban J connectivity index is 2.01. The second-order valence-electron chi connectivity index (χ2n) is 5.66. The first-order valence-corrected chi connectivity index (χ1v) is 10.6. The minimum Gasteiger partial charge on any atom is -0.361 e. The third kappa shape index (κ3) is 3.43. The molecule has 0 aliphatic carbocycles. The molecule has 0 unspecified atom stereocenters. The smallest absolute Gasteiger partial charge is 0.142 e. The summed E-state index contributed by atoms with van der Waals surface area (Å²) in [7, 11) is -1.01. The summed E-state index contributed by atoms with van der Waals surface area (Å²) in [5, 5.41) is 1.14. The normalized spacial score (nSPS) is 12.2. The SMILES string of the molecule is C[Si](C)(C)CCOCn1c(Br)cc2cccnc21. The van der Waals surface area contributed by atoms with Crippen molar-refractivity contribution in [3.8, 4) is 0 Å². The number of halogens is 1. The molecule has 0 fully saturated rings. The molecule has 18 heavy (non-hydrogen) atoms. The number of pyridine rings is 1. The second-order valence-corrected chi connectivity index (χ2v) is 12.1. The summed E-state index contributed by atoms with van der Waals surface area (Å²) >= 11 is 3.55. The van der Waals surface area contributed by atoms with Crippen molar-refractivity contribution in [2.75, 3.05) is 6.61 Å². The van der Waals surface area contributed by atoms with Gasteiger partial charge in [0.1, 0.15) is 12.4 Å². The molecule has 2 rings (SSSR count). The molecule has 3 nitrogen and oxygen atoms in total. The Morgan fingerprint density at radius 2 is 2.17 bits per heavy atom. The molecule has 0 saturated carbocycles. The highest BCUT2D eigenvalue weighted by molar-refractivity contribution is 9.10. The van der Waals surface area contributed by atoms with Gasteiger partial charge in [0.2, 0.25) is 0 Å². The molecule has 98 valence electrons. The first-order valence-electron chi connectivity index (χ1n) is 6.15. The predicted molar refractivity (Wildman–Crippen MR) is 81.5 cm³/mol. The van der Waals surface area contributed by atoms with Gasteiger partial charge in [0.25, 0.3) is 0 Å². The minimum absolute atomic E-state index is 0.561. The third-order valence-electron chi connectivity index (χ3n) is 2.82. The first kappa shape index (κ1) is 13.8. The van der Waals surface area contributed by atoms with Crippen LogP contribution >= 0.6 is 15.9 Å². The standard InChI is InChI=1S/C13H19BrN2OSi/c1-18(2,3)8-7-17-10-16-12(14)9-11-5-4-6-15-13(11)16/h4-6,9H,7-8,10H2,1-3H3. The lowest BCUT2D eigenvalue weighted by Gasteiger charge is -2.16. The van der Waals surface area contributed by atoms with Gasteiger partial charge in [-0.1, -0.05) is 19.6 Å². The highest BCUT2D eigenvalue weighted by Crippen LogP contribution is 2.22. The van der Waals surface area contributed by atoms with Crippen LogP contribution in [0.5, 0.6) is 0 Å². The van der Waals surface area contributed by atoms with Crippen molar-refractivity contribution in [3.05, 3.63) is 29.0 Å². The number of aromatic nitrogens is 2. The zero-order valence-electron chi connectivity index (χ0n) is 11.1. The van der Waals surface area contributed by atoms with Crippen LogP contribution in [0, 0.1) is 0 Å². The van der Waals surface area contributed by atoms with E-state index < -0.39 is 8.07 Å². The van der Waals surface area contributed by atoms with Crippen LogP contribution in [0.15, 0.2) is 29.0 Å². The largest absolute Gasteiger partial charge is 0.361 e. The van der Waals surface area contributed by atoms with Crippen molar-refractivity contribution in [2.45, 2.75) is 32.4 Å². The van der Waals surface area contributed by atoms with E-state index in [0.29, 0.717) is 6.73 Å². The van der Waals surface area contributed by atoms with Gasteiger partial charge in [-0.2, -0.15) is 0 Å². The van der Waals surface area contributed by atoms with Gasteiger partial charge in [-0.25, -0.2) is 4.98 Å². The maximum atomic E-state index is 5.77. The molecule has 0 radical (unpaired) electrons. The predicted octanol–water partition coefficient (Wildman–Crippen LogP) is 4.11. The van der Waals surface area contributed by atoms with Crippen LogP contribution in [-0.4, -0.2) is 24.2 Å². The monoisotopic (exact) mass is 326 g/mol. The van der Waals surface area contributed by atoms with E-state index in [1.165, 1.54) is 6.04 Å². The van der Waals surface area contributed by atoms with E-state index in [4.69, 9.17) is 4.74 Å². The fourth-order valence-electron chi connectivity index (χ4n) is 1.71. The summed E-state index contributed by atoms with van der Waals surface area (Å²) < 4.78 is 8.84. The zero-order valence-corrected chi connectivity index (χ0v) is 13.7. The van der Waals surface area contributed by atoms with Gasteiger partial charge in [0.05, 0.1) is 4.60 Å². The van der Waals surface area contributed by atoms with Crippen LogP contribution in [0.3, 0.4) is 0 Å². The van der Waals surface area contributed by atoms with Gasteiger partial charge in [-0.3, -0.25) is 4.57 Å². The average molecular weight is 327 g/mol. The lowest BCUT2D eigenvalue weighted by molar-refractivity contribution is 0.0885. The number of hydrogen-bond donors (Lipinski definition) is 0. The molecule has 0 atom stereocenters. The summed E-state index contributed by atoms with van der Waals surface area (Å²) in [4.78, 5) is 4.39. The van der Waals surface area contributed by atoms with Crippen LogP contribution < -0.4 is 0 Å². The summed E-state index contributed by atoms with van der Waals surface area (Å²) in [5.41, 5.74) is 0.970. The highest BCUT2D eigenvalue weighted by Gasteiger charge is 2.12. The number of rotatable bonds is 5. The number of ether oxygens (including phenoxy) is 1. The van der Waals surface area contributed by atoms with Gasteiger partial charge in [-0.05, 0) is 40.2 Å². The van der Waals surface area contributed by atoms with Crippen LogP contribution in [0.2, 0.25) is 25.7 Å². The van der Waals surface area contributed by atoms with Crippen molar-refractivity contribution in [1.29, 1.82) is 0 Å². The van der Waals surface area contributed by atoms with E-state index in [1.807, 2.05) is 12.3 Å². The Morgan fingerprint density at radius 1 is 1.39 bits per heavy atom. The first-order chi connectivity index (χ1) is 8.47. The zero-order chi connectivity index (χ0) is 13.2. The van der Waals surface area contributed by atoms with Crippen molar-refractivity contribution < 1.29 is 4.74 Å². The van der Waals surface area contributed by atoms with Crippen molar-refractivity contribution >= 4 is 35.0 Å². The van der Waals surface area contributed by atoms with E-state index >= 15 is 0 Å². The molecular formula is C13H19BrN2OSi. The van der Waals surface area contributed by atoms with Crippen LogP contribution in [0.25, 0.3) is 11.0 Å². The Hall–Kier alpha value is -0.653. The summed E-state index contributed by atoms with van der Waals surface area (Å²) in [5.74, 6) is 0. The van der Waals surface area contributed by atoms with Crippen LogP contribution in [0.1, 0.15) is 0 Å². The molecule has 0 amide bonds. The molecule has 0 aliphatic heterocycles. The number of nitrogens with zero attached hydrogens (tertiary/aromatic N) is 2. The molecule has 0 bridgehead atoms. The van der Waals surface area contributed by atoms with Crippen LogP contribution in [0.4, 0.5) is 0 Å². The summed E-state index contributed by atoms with van der Waals surface area (Å²) in [6.45, 7) is 8.47. The van der Waals surface area contributed by atoms with Gasteiger partial charge >= 0.3 is 0 Å². The highest BCUT2D eigenvalue weighted by atomic mass is 79.9. The third-order valence-corrected chi connectivity index (χ3v) is 5.18. The molecule has 2 aromatic heterocycles. The Bertz CT molecular complexity index is 533. The fourth-order valence-corrected chi connectivity index (χ4v) is 2.99. The van der Waals surface area contributed by atoms with Crippen molar-refractivity contribution in [2.24, 2.45) is 0 Å². The number of fused-ring (bicyclic) bond motifs is 1. The summed E-state index contributed by atoms with van der Waals surface area (Å²) in [6, 6.07) is 7.28. The van der Waals surface area contributed by atoms with Crippen molar-refractivity contribution in [3.63, 3.8) is 0 Å². The number of hydrogen-bond acceptors (Lipinski definition) is 2. The second kappa shape index (κ2) is 5.55. The van der Waals surface area contributed by atoms with E-state index in [0.717, 1.165) is 22.2 Å². The molecule has 0 spiro atoms. The quantitative estimate of drug-likeness (QED) is 0.610. The van der Waals surface area contributed by atoms with E-state index in [-0.39, 0.29) is 0 Å². The van der Waals surface area contributed by atoms with Gasteiger partial charge < -0.3 is 4.74 Å². The molecular weight excluding hydrogens is 308 g/mol. The molecule has 2 aromatic rings. The maximum Gasteiger partial charge on any atom is 0.142 e. The lowest BCUT2D eigenvalue weighted by Crippen LogP contribution is -2.22. The van der Waals surface area contributed by atoms with E-state index in [1.54, 1.807) is 0 Å². The van der Waals surface area contributed by atoms with Gasteiger partial charge in [0.15, 0.2) is 0 Å². The Morgan fingerprint density at radius 3 is 2.89 bits per heavy atom. The Labute approximate surface area is 117 Å². The fraction of sp³-hybridized carbons (Fsp3) is 0.462. The lowest BCUT2D eigenvalue weighted by atomic mass is 10.3. The van der Waals surface area contributed by atoms with Gasteiger partial charge in [-0.15, -0.1) is 0 Å².